The third kappa shape index (κ3) is 20.3. The molecule has 0 amide bonds. The summed E-state index contributed by atoms with van der Waals surface area (Å²) in [6.07, 6.45) is 26.3. The zero-order chi connectivity index (χ0) is 23.2. The minimum Gasteiger partial charge on any atom is -0.381 e. The van der Waals surface area contributed by atoms with Crippen LogP contribution in [0.1, 0.15) is 148 Å². The number of rotatable bonds is 24. The van der Waals surface area contributed by atoms with Crippen molar-refractivity contribution < 1.29 is 14.7 Å². The summed E-state index contributed by atoms with van der Waals surface area (Å²) in [5.74, 6) is 0. The molecule has 3 nitrogen and oxygen atoms in total. The van der Waals surface area contributed by atoms with E-state index in [1.165, 1.54) is 109 Å². The van der Waals surface area contributed by atoms with Crippen molar-refractivity contribution in [3.63, 3.8) is 0 Å². The highest BCUT2D eigenvalue weighted by atomic mass is 32.1. The maximum atomic E-state index is 11.5. The highest BCUT2D eigenvalue weighted by Gasteiger charge is 2.34. The average molecular weight is 475 g/mol. The van der Waals surface area contributed by atoms with Crippen LogP contribution in [0.25, 0.3) is 0 Å². The van der Waals surface area contributed by atoms with Crippen molar-refractivity contribution in [2.75, 3.05) is 0 Å². The molecule has 0 saturated heterocycles. The van der Waals surface area contributed by atoms with Crippen LogP contribution in [0.2, 0.25) is 0 Å². The number of unbranched alkanes of at least 4 members (excludes halogenated alkanes) is 19. The Kier molecular flexibility index (Phi) is 21.8. The van der Waals surface area contributed by atoms with E-state index in [-0.39, 0.29) is 6.42 Å². The summed E-state index contributed by atoms with van der Waals surface area (Å²) in [5.41, 5.74) is -1.64. The van der Waals surface area contributed by atoms with Gasteiger partial charge in [-0.25, -0.2) is 0 Å². The number of hydrogen-bond acceptors (Lipinski definition) is 3. The van der Waals surface area contributed by atoms with Gasteiger partial charge in [-0.05, 0) is 6.42 Å². The summed E-state index contributed by atoms with van der Waals surface area (Å²) in [6.45, 7) is 2.28. The molecule has 0 aliphatic carbocycles. The van der Waals surface area contributed by atoms with Crippen molar-refractivity contribution >= 4 is 35.5 Å². The van der Waals surface area contributed by atoms with Crippen molar-refractivity contribution in [3.05, 3.63) is 0 Å². The molecule has 0 aliphatic rings. The number of carbonyl (C=O) groups is 2. The lowest BCUT2D eigenvalue weighted by atomic mass is 9.94. The molecule has 0 bridgehead atoms. The van der Waals surface area contributed by atoms with Crippen molar-refractivity contribution in [2.24, 2.45) is 0 Å². The highest BCUT2D eigenvalue weighted by molar-refractivity contribution is 7.97. The lowest BCUT2D eigenvalue weighted by Gasteiger charge is -2.22. The zero-order valence-electron chi connectivity index (χ0n) is 20.2. The van der Waals surface area contributed by atoms with Crippen LogP contribution in [0, 0.1) is 0 Å². The van der Waals surface area contributed by atoms with E-state index < -0.39 is 15.8 Å². The molecule has 0 aromatic carbocycles. The maximum Gasteiger partial charge on any atom is 0.217 e. The Morgan fingerprint density at radius 2 is 0.871 bits per heavy atom. The van der Waals surface area contributed by atoms with Gasteiger partial charge in [0.2, 0.25) is 5.12 Å². The average Bonchev–Trinajstić information content (AvgIpc) is 2.71. The van der Waals surface area contributed by atoms with Gasteiger partial charge in [0.25, 0.3) is 0 Å². The Balaban J connectivity index is 3.31. The lowest BCUT2D eigenvalue weighted by molar-refractivity contribution is -0.133. The minimum absolute atomic E-state index is 0.252. The summed E-state index contributed by atoms with van der Waals surface area (Å²) in [7, 11) is 0. The van der Waals surface area contributed by atoms with E-state index in [0.717, 1.165) is 19.3 Å². The fourth-order valence-corrected chi connectivity index (χ4v) is 4.65. The van der Waals surface area contributed by atoms with Crippen LogP contribution in [0.15, 0.2) is 0 Å². The summed E-state index contributed by atoms with van der Waals surface area (Å²) >= 11 is 7.39. The Hall–Kier alpha value is -0.0000000000000000555. The zero-order valence-corrected chi connectivity index (χ0v) is 22.0. The van der Waals surface area contributed by atoms with Gasteiger partial charge in [0, 0.05) is 0 Å². The molecule has 0 rings (SSSR count). The highest BCUT2D eigenvalue weighted by Crippen LogP contribution is 2.24. The first-order valence-electron chi connectivity index (χ1n) is 13.1. The van der Waals surface area contributed by atoms with Crippen molar-refractivity contribution in [2.45, 2.75) is 154 Å². The fraction of sp³-hybridized carbons (Fsp3) is 0.923. The third-order valence-corrected chi connectivity index (χ3v) is 6.86. The van der Waals surface area contributed by atoms with Crippen LogP contribution in [0.5, 0.6) is 0 Å². The molecule has 0 aromatic rings. The second-order valence-corrected chi connectivity index (χ2v) is 10.3. The second kappa shape index (κ2) is 21.8. The number of carbonyl (C=O) groups excluding carboxylic acids is 2. The standard InChI is InChI=1S/C26H50O3S2/c1-2-3-4-5-6-7-8-9-10-11-12-13-14-15-16-17-18-19-20-21-22-26(29,25(28)31)23-24(27)30/h29H,2-23H2,1H3,(H,27,30)(H,28,31). The molecule has 0 radical (unpaired) electrons. The van der Waals surface area contributed by atoms with E-state index in [4.69, 9.17) is 0 Å². The summed E-state index contributed by atoms with van der Waals surface area (Å²) in [6, 6.07) is 0. The maximum absolute atomic E-state index is 11.5. The van der Waals surface area contributed by atoms with Gasteiger partial charge in [-0.2, -0.15) is 0 Å². The summed E-state index contributed by atoms with van der Waals surface area (Å²) in [5, 5.41) is 9.11. The van der Waals surface area contributed by atoms with Crippen LogP contribution in [-0.4, -0.2) is 20.9 Å². The van der Waals surface area contributed by atoms with Gasteiger partial charge in [-0.1, -0.05) is 135 Å². The normalized spacial score (nSPS) is 13.3. The van der Waals surface area contributed by atoms with Crippen LogP contribution in [0.4, 0.5) is 0 Å². The molecular formula is C26H50O3S2. The number of aliphatic hydroxyl groups is 1. The second-order valence-electron chi connectivity index (χ2n) is 9.37. The molecule has 0 saturated carbocycles. The topological polar surface area (TPSA) is 54.4 Å². The largest absolute Gasteiger partial charge is 0.381 e. The Morgan fingerprint density at radius 3 is 1.13 bits per heavy atom. The van der Waals surface area contributed by atoms with E-state index in [1.807, 2.05) is 0 Å². The number of hydrogen-bond donors (Lipinski definition) is 3. The van der Waals surface area contributed by atoms with Crippen LogP contribution < -0.4 is 0 Å². The molecular weight excluding hydrogens is 424 g/mol. The summed E-state index contributed by atoms with van der Waals surface area (Å²) < 4.78 is 0. The quantitative estimate of drug-likeness (QED) is 0.0975. The van der Waals surface area contributed by atoms with E-state index in [0.29, 0.717) is 6.42 Å². The molecule has 31 heavy (non-hydrogen) atoms. The molecule has 0 spiro atoms. The first kappa shape index (κ1) is 31.0. The van der Waals surface area contributed by atoms with Gasteiger partial charge in [-0.3, -0.25) is 9.59 Å². The Labute approximate surface area is 203 Å². The number of thiol groups is 2. The molecule has 1 N–H and O–H groups in total. The van der Waals surface area contributed by atoms with E-state index in [9.17, 15) is 14.7 Å². The van der Waals surface area contributed by atoms with Gasteiger partial charge in [0.05, 0.1) is 6.42 Å². The first-order valence-corrected chi connectivity index (χ1v) is 14.0. The SMILES string of the molecule is CCCCCCCCCCCCCCCCCCCCCCC(O)(CC(=O)S)C(=O)S. The molecule has 0 fully saturated rings. The minimum atomic E-state index is -1.64. The first-order chi connectivity index (χ1) is 14.9. The van der Waals surface area contributed by atoms with Gasteiger partial charge in [0.15, 0.2) is 5.12 Å². The fourth-order valence-electron chi connectivity index (χ4n) is 4.19. The Bertz CT molecular complexity index is 442. The van der Waals surface area contributed by atoms with Crippen LogP contribution >= 0.6 is 25.3 Å². The lowest BCUT2D eigenvalue weighted by Crippen LogP contribution is -2.37. The molecule has 5 heteroatoms. The van der Waals surface area contributed by atoms with Gasteiger partial charge < -0.3 is 5.11 Å². The monoisotopic (exact) mass is 474 g/mol. The third-order valence-electron chi connectivity index (χ3n) is 6.29. The van der Waals surface area contributed by atoms with E-state index >= 15 is 0 Å². The van der Waals surface area contributed by atoms with Crippen molar-refractivity contribution in [3.8, 4) is 0 Å². The Morgan fingerprint density at radius 1 is 0.581 bits per heavy atom. The van der Waals surface area contributed by atoms with Crippen molar-refractivity contribution in [1.82, 2.24) is 0 Å². The molecule has 1 unspecified atom stereocenters. The molecule has 0 aliphatic heterocycles. The van der Waals surface area contributed by atoms with Gasteiger partial charge in [-0.15, -0.1) is 25.3 Å². The molecule has 1 atom stereocenters. The predicted molar refractivity (Wildman–Crippen MR) is 140 cm³/mol. The van der Waals surface area contributed by atoms with Gasteiger partial charge >= 0.3 is 0 Å². The van der Waals surface area contributed by atoms with Crippen LogP contribution in [-0.2, 0) is 9.59 Å². The van der Waals surface area contributed by atoms with Gasteiger partial charge in [0.1, 0.15) is 5.60 Å². The smallest absolute Gasteiger partial charge is 0.217 e. The van der Waals surface area contributed by atoms with E-state index in [2.05, 4.69) is 32.2 Å². The molecule has 184 valence electrons. The van der Waals surface area contributed by atoms with Crippen LogP contribution in [0.3, 0.4) is 0 Å². The summed E-state index contributed by atoms with van der Waals surface area (Å²) in [4.78, 5) is 22.6. The van der Waals surface area contributed by atoms with Crippen molar-refractivity contribution in [1.29, 1.82) is 0 Å². The van der Waals surface area contributed by atoms with E-state index in [1.54, 1.807) is 0 Å². The molecule has 0 heterocycles. The predicted octanol–water partition coefficient (Wildman–Crippen LogP) is 8.23. The molecule has 0 aromatic heterocycles.